The quantitative estimate of drug-likeness (QED) is 0.877. The van der Waals surface area contributed by atoms with Gasteiger partial charge in [-0.1, -0.05) is 17.7 Å². The van der Waals surface area contributed by atoms with Crippen LogP contribution in [0.15, 0.2) is 18.2 Å². The number of likely N-dealkylation sites (N-methyl/N-ethyl adjacent to an activating group) is 2. The highest BCUT2D eigenvalue weighted by Crippen LogP contribution is 2.26. The predicted molar refractivity (Wildman–Crippen MR) is 75.9 cm³/mol. The van der Waals surface area contributed by atoms with Crippen molar-refractivity contribution in [3.05, 3.63) is 28.8 Å². The van der Waals surface area contributed by atoms with Crippen molar-refractivity contribution in [3.8, 4) is 0 Å². The van der Waals surface area contributed by atoms with Crippen LogP contribution in [0.2, 0.25) is 5.02 Å². The molecule has 2 N–H and O–H groups in total. The van der Waals surface area contributed by atoms with Gasteiger partial charge in [-0.25, -0.2) is 0 Å². The molecule has 0 fully saturated rings. The Morgan fingerprint density at radius 2 is 1.88 bits per heavy atom. The third-order valence-corrected chi connectivity index (χ3v) is 3.13. The number of benzene rings is 1. The van der Waals surface area contributed by atoms with Crippen LogP contribution >= 0.6 is 11.6 Å². The Morgan fingerprint density at radius 3 is 2.35 bits per heavy atom. The van der Waals surface area contributed by atoms with Gasteiger partial charge in [0.05, 0.1) is 0 Å². The summed E-state index contributed by atoms with van der Waals surface area (Å²) in [6.45, 7) is 3.93. The van der Waals surface area contributed by atoms with Crippen LogP contribution in [0.4, 0.5) is 5.69 Å². The summed E-state index contributed by atoms with van der Waals surface area (Å²) in [5, 5.41) is 0.745. The summed E-state index contributed by atoms with van der Waals surface area (Å²) >= 11 is 6.21. The molecule has 0 bridgehead atoms. The Labute approximate surface area is 109 Å². The van der Waals surface area contributed by atoms with Crippen molar-refractivity contribution >= 4 is 17.3 Å². The van der Waals surface area contributed by atoms with Crippen LogP contribution in [0.5, 0.6) is 0 Å². The average molecular weight is 256 g/mol. The highest BCUT2D eigenvalue weighted by Gasteiger charge is 2.08. The molecule has 0 radical (unpaired) electrons. The van der Waals surface area contributed by atoms with Gasteiger partial charge in [0.1, 0.15) is 0 Å². The fourth-order valence-corrected chi connectivity index (χ4v) is 1.95. The fourth-order valence-electron chi connectivity index (χ4n) is 1.60. The number of halogens is 1. The number of nitrogens with two attached hydrogens (primary N) is 1. The topological polar surface area (TPSA) is 32.5 Å². The molecule has 3 nitrogen and oxygen atoms in total. The molecule has 4 heteroatoms. The zero-order valence-corrected chi connectivity index (χ0v) is 11.8. The first-order chi connectivity index (χ1) is 7.91. The molecule has 1 unspecified atom stereocenters. The summed E-state index contributed by atoms with van der Waals surface area (Å²) < 4.78 is 0. The van der Waals surface area contributed by atoms with Gasteiger partial charge < -0.3 is 15.5 Å². The molecule has 0 saturated carbocycles. The van der Waals surface area contributed by atoms with Crippen LogP contribution < -0.4 is 10.6 Å². The van der Waals surface area contributed by atoms with E-state index in [9.17, 15) is 0 Å². The summed E-state index contributed by atoms with van der Waals surface area (Å²) in [5.41, 5.74) is 7.96. The first-order valence-corrected chi connectivity index (χ1v) is 6.20. The Bertz CT molecular complexity index is 364. The summed E-state index contributed by atoms with van der Waals surface area (Å²) in [7, 11) is 6.21. The Hall–Kier alpha value is -0.770. The van der Waals surface area contributed by atoms with E-state index in [1.54, 1.807) is 0 Å². The molecule has 17 heavy (non-hydrogen) atoms. The van der Waals surface area contributed by atoms with Gasteiger partial charge in [-0.05, 0) is 38.7 Å². The Morgan fingerprint density at radius 1 is 1.24 bits per heavy atom. The molecule has 0 amide bonds. The van der Waals surface area contributed by atoms with Crippen LogP contribution in [0.25, 0.3) is 0 Å². The van der Waals surface area contributed by atoms with Crippen LogP contribution in [0, 0.1) is 0 Å². The summed E-state index contributed by atoms with van der Waals surface area (Å²) in [6.07, 6.45) is 0. The van der Waals surface area contributed by atoms with Gasteiger partial charge in [0.15, 0.2) is 0 Å². The second-order valence-electron chi connectivity index (χ2n) is 4.72. The minimum Gasteiger partial charge on any atom is -0.373 e. The van der Waals surface area contributed by atoms with E-state index in [1.165, 1.54) is 0 Å². The molecule has 1 atom stereocenters. The van der Waals surface area contributed by atoms with Gasteiger partial charge in [-0.15, -0.1) is 0 Å². The molecule has 1 aromatic rings. The Kier molecular flexibility index (Phi) is 5.25. The average Bonchev–Trinajstić information content (AvgIpc) is 2.25. The molecule has 0 aliphatic carbocycles. The smallest absolute Gasteiger partial charge is 0.0474 e. The summed E-state index contributed by atoms with van der Waals surface area (Å²) in [4.78, 5) is 4.35. The van der Waals surface area contributed by atoms with E-state index in [0.29, 0.717) is 0 Å². The van der Waals surface area contributed by atoms with E-state index in [2.05, 4.69) is 37.0 Å². The minimum absolute atomic E-state index is 0.0244. The lowest BCUT2D eigenvalue weighted by Gasteiger charge is -2.22. The number of nitrogens with zero attached hydrogens (tertiary/aromatic N) is 2. The highest BCUT2D eigenvalue weighted by atomic mass is 35.5. The molecule has 96 valence electrons. The van der Waals surface area contributed by atoms with E-state index in [4.69, 9.17) is 17.3 Å². The normalized spacial score (nSPS) is 12.9. The molecule has 0 spiro atoms. The van der Waals surface area contributed by atoms with E-state index >= 15 is 0 Å². The maximum atomic E-state index is 6.21. The van der Waals surface area contributed by atoms with Crippen molar-refractivity contribution in [1.29, 1.82) is 0 Å². The van der Waals surface area contributed by atoms with Crippen LogP contribution in [-0.4, -0.2) is 39.1 Å². The number of anilines is 1. The van der Waals surface area contributed by atoms with Crippen molar-refractivity contribution < 1.29 is 0 Å². The van der Waals surface area contributed by atoms with Gasteiger partial charge in [-0.2, -0.15) is 0 Å². The second-order valence-corrected chi connectivity index (χ2v) is 5.13. The molecule has 1 aromatic carbocycles. The highest BCUT2D eigenvalue weighted by molar-refractivity contribution is 6.31. The summed E-state index contributed by atoms with van der Waals surface area (Å²) in [5.74, 6) is 0. The van der Waals surface area contributed by atoms with Gasteiger partial charge in [-0.3, -0.25) is 0 Å². The van der Waals surface area contributed by atoms with Crippen molar-refractivity contribution in [2.75, 3.05) is 39.1 Å². The minimum atomic E-state index is -0.0244. The first kappa shape index (κ1) is 14.3. The van der Waals surface area contributed by atoms with Gasteiger partial charge >= 0.3 is 0 Å². The first-order valence-electron chi connectivity index (χ1n) is 5.82. The molecular weight excluding hydrogens is 234 g/mol. The zero-order valence-electron chi connectivity index (χ0n) is 11.1. The lowest BCUT2D eigenvalue weighted by molar-refractivity contribution is 0.416. The van der Waals surface area contributed by atoms with Crippen LogP contribution in [0.1, 0.15) is 18.5 Å². The largest absolute Gasteiger partial charge is 0.373 e. The van der Waals surface area contributed by atoms with Gasteiger partial charge in [0.25, 0.3) is 0 Å². The lowest BCUT2D eigenvalue weighted by atomic mass is 10.1. The SMILES string of the molecule is CC(N)c1ccc(N(C)CCN(C)C)cc1Cl. The third-order valence-electron chi connectivity index (χ3n) is 2.80. The van der Waals surface area contributed by atoms with E-state index in [0.717, 1.165) is 29.4 Å². The van der Waals surface area contributed by atoms with Crippen molar-refractivity contribution in [3.63, 3.8) is 0 Å². The monoisotopic (exact) mass is 255 g/mol. The maximum Gasteiger partial charge on any atom is 0.0474 e. The van der Waals surface area contributed by atoms with Crippen molar-refractivity contribution in [2.45, 2.75) is 13.0 Å². The number of rotatable bonds is 5. The zero-order chi connectivity index (χ0) is 13.0. The lowest BCUT2D eigenvalue weighted by Crippen LogP contribution is -2.28. The number of hydrogen-bond acceptors (Lipinski definition) is 3. The number of hydrogen-bond donors (Lipinski definition) is 1. The Balaban J connectivity index is 2.75. The maximum absolute atomic E-state index is 6.21. The second kappa shape index (κ2) is 6.24. The van der Waals surface area contributed by atoms with E-state index in [1.807, 2.05) is 19.1 Å². The summed E-state index contributed by atoms with van der Waals surface area (Å²) in [6, 6.07) is 6.04. The molecule has 0 heterocycles. The predicted octanol–water partition coefficient (Wildman–Crippen LogP) is 2.36. The molecule has 1 rings (SSSR count). The molecule has 0 aromatic heterocycles. The van der Waals surface area contributed by atoms with Crippen molar-refractivity contribution in [1.82, 2.24) is 4.90 Å². The molecular formula is C13H22ClN3. The van der Waals surface area contributed by atoms with Gasteiger partial charge in [0.2, 0.25) is 0 Å². The van der Waals surface area contributed by atoms with E-state index < -0.39 is 0 Å². The van der Waals surface area contributed by atoms with Crippen molar-refractivity contribution in [2.24, 2.45) is 5.73 Å². The third kappa shape index (κ3) is 4.19. The standard InChI is InChI=1S/C13H22ClN3/c1-10(15)12-6-5-11(9-13(12)14)17(4)8-7-16(2)3/h5-6,9-10H,7-8,15H2,1-4H3. The molecule has 0 saturated heterocycles. The molecule has 0 aliphatic rings. The van der Waals surface area contributed by atoms with Crippen LogP contribution in [-0.2, 0) is 0 Å². The fraction of sp³-hybridized carbons (Fsp3) is 0.538. The van der Waals surface area contributed by atoms with E-state index in [-0.39, 0.29) is 6.04 Å². The molecule has 0 aliphatic heterocycles. The van der Waals surface area contributed by atoms with Crippen LogP contribution in [0.3, 0.4) is 0 Å². The van der Waals surface area contributed by atoms with Gasteiger partial charge in [0, 0.05) is 36.9 Å².